The van der Waals surface area contributed by atoms with Crippen molar-refractivity contribution < 1.29 is 19.8 Å². The van der Waals surface area contributed by atoms with Crippen LogP contribution in [-0.4, -0.2) is 28.2 Å². The molecule has 1 fully saturated rings. The van der Waals surface area contributed by atoms with Crippen LogP contribution in [0, 0.1) is 17.8 Å². The third-order valence-electron chi connectivity index (χ3n) is 2.69. The van der Waals surface area contributed by atoms with E-state index in [-0.39, 0.29) is 11.8 Å². The van der Waals surface area contributed by atoms with Crippen molar-refractivity contribution in [3.8, 4) is 0 Å². The predicted molar refractivity (Wildman–Crippen MR) is 44.0 cm³/mol. The van der Waals surface area contributed by atoms with E-state index >= 15 is 0 Å². The Balaban J connectivity index is 2.63. The molecule has 0 saturated heterocycles. The molecule has 1 aliphatic rings. The number of hydrogen-bond acceptors (Lipinski definition) is 3. The Bertz CT molecular complexity index is 240. The molecular formula is C8H13NO4. The van der Waals surface area contributed by atoms with Crippen LogP contribution in [-0.2, 0) is 9.59 Å². The van der Waals surface area contributed by atoms with Gasteiger partial charge in [0.15, 0.2) is 0 Å². The second-order valence-corrected chi connectivity index (χ2v) is 3.38. The van der Waals surface area contributed by atoms with E-state index in [4.69, 9.17) is 15.9 Å². The van der Waals surface area contributed by atoms with E-state index in [9.17, 15) is 9.59 Å². The molecule has 4 N–H and O–H groups in total. The Morgan fingerprint density at radius 1 is 1.46 bits per heavy atom. The molecule has 13 heavy (non-hydrogen) atoms. The second kappa shape index (κ2) is 3.33. The Labute approximate surface area is 75.5 Å². The van der Waals surface area contributed by atoms with Gasteiger partial charge in [-0.05, 0) is 5.92 Å². The molecule has 0 aromatic heterocycles. The molecule has 4 atom stereocenters. The number of rotatable bonds is 4. The number of nitrogens with two attached hydrogens (primary N) is 1. The van der Waals surface area contributed by atoms with Crippen LogP contribution >= 0.6 is 0 Å². The van der Waals surface area contributed by atoms with E-state index in [1.165, 1.54) is 0 Å². The van der Waals surface area contributed by atoms with Gasteiger partial charge in [0.1, 0.15) is 6.04 Å². The zero-order valence-corrected chi connectivity index (χ0v) is 7.30. The summed E-state index contributed by atoms with van der Waals surface area (Å²) in [6.07, 6.45) is 0.669. The third-order valence-corrected chi connectivity index (χ3v) is 2.69. The Kier molecular flexibility index (Phi) is 2.56. The van der Waals surface area contributed by atoms with Crippen LogP contribution in [0.25, 0.3) is 0 Å². The van der Waals surface area contributed by atoms with E-state index in [0.717, 1.165) is 0 Å². The predicted octanol–water partition coefficient (Wildman–Crippen LogP) is -0.245. The lowest BCUT2D eigenvalue weighted by molar-refractivity contribution is -0.140. The van der Waals surface area contributed by atoms with Gasteiger partial charge < -0.3 is 15.9 Å². The van der Waals surface area contributed by atoms with Crippen LogP contribution < -0.4 is 5.73 Å². The minimum atomic E-state index is -1.12. The summed E-state index contributed by atoms with van der Waals surface area (Å²) >= 11 is 0. The Morgan fingerprint density at radius 2 is 2.00 bits per heavy atom. The van der Waals surface area contributed by atoms with Gasteiger partial charge in [-0.15, -0.1) is 0 Å². The fourth-order valence-electron chi connectivity index (χ4n) is 1.93. The molecule has 0 aliphatic heterocycles. The fourth-order valence-corrected chi connectivity index (χ4v) is 1.93. The Morgan fingerprint density at radius 3 is 2.23 bits per heavy atom. The van der Waals surface area contributed by atoms with Gasteiger partial charge in [0.2, 0.25) is 0 Å². The molecule has 0 bridgehead atoms. The van der Waals surface area contributed by atoms with Gasteiger partial charge in [-0.25, -0.2) is 0 Å². The summed E-state index contributed by atoms with van der Waals surface area (Å²) in [6, 6.07) is -1.04. The van der Waals surface area contributed by atoms with Gasteiger partial charge in [0, 0.05) is 5.92 Å². The molecule has 1 aliphatic carbocycles. The molecule has 0 heterocycles. The molecule has 0 aromatic carbocycles. The molecule has 1 saturated carbocycles. The van der Waals surface area contributed by atoms with E-state index in [1.54, 1.807) is 0 Å². The number of carboxylic acid groups (broad SMARTS) is 2. The highest BCUT2D eigenvalue weighted by Gasteiger charge is 2.58. The minimum absolute atomic E-state index is 0.0661. The molecule has 0 unspecified atom stereocenters. The zero-order chi connectivity index (χ0) is 10.2. The summed E-state index contributed by atoms with van der Waals surface area (Å²) in [5.74, 6) is -3.07. The number of carbonyl (C=O) groups is 2. The SMILES string of the molecule is CC[C@H]1[C@H](C(=O)O)[C@H]1[C@H](N)C(=O)O. The quantitative estimate of drug-likeness (QED) is 0.563. The van der Waals surface area contributed by atoms with Crippen molar-refractivity contribution in [3.05, 3.63) is 0 Å². The van der Waals surface area contributed by atoms with Crippen LogP contribution in [0.1, 0.15) is 13.3 Å². The molecule has 0 spiro atoms. The summed E-state index contributed by atoms with van der Waals surface area (Å²) in [4.78, 5) is 21.1. The highest BCUT2D eigenvalue weighted by molar-refractivity contribution is 5.80. The first-order valence-electron chi connectivity index (χ1n) is 4.21. The van der Waals surface area contributed by atoms with Gasteiger partial charge in [-0.2, -0.15) is 0 Å². The van der Waals surface area contributed by atoms with E-state index < -0.39 is 23.9 Å². The topological polar surface area (TPSA) is 101 Å². The molecule has 5 heteroatoms. The minimum Gasteiger partial charge on any atom is -0.481 e. The van der Waals surface area contributed by atoms with Crippen molar-refractivity contribution in [2.24, 2.45) is 23.5 Å². The molecule has 74 valence electrons. The van der Waals surface area contributed by atoms with Crippen molar-refractivity contribution in [1.82, 2.24) is 0 Å². The van der Waals surface area contributed by atoms with E-state index in [2.05, 4.69) is 0 Å². The number of aliphatic carboxylic acids is 2. The summed E-state index contributed by atoms with van der Waals surface area (Å²) in [6.45, 7) is 1.84. The van der Waals surface area contributed by atoms with Gasteiger partial charge in [0.25, 0.3) is 0 Å². The van der Waals surface area contributed by atoms with Crippen molar-refractivity contribution in [2.75, 3.05) is 0 Å². The van der Waals surface area contributed by atoms with Crippen LogP contribution in [0.15, 0.2) is 0 Å². The molecule has 0 aromatic rings. The standard InChI is InChI=1S/C8H13NO4/c1-2-3-4(5(3)7(10)11)6(9)8(12)13/h3-6H,2,9H2,1H3,(H,10,11)(H,12,13)/t3-,4+,5+,6+/m1/s1. The monoisotopic (exact) mass is 187 g/mol. The normalized spacial score (nSPS) is 33.8. The van der Waals surface area contributed by atoms with Crippen LogP contribution in [0.4, 0.5) is 0 Å². The lowest BCUT2D eigenvalue weighted by Gasteiger charge is -2.03. The van der Waals surface area contributed by atoms with Gasteiger partial charge in [-0.3, -0.25) is 9.59 Å². The first kappa shape index (κ1) is 9.98. The van der Waals surface area contributed by atoms with E-state index in [0.29, 0.717) is 6.42 Å². The lowest BCUT2D eigenvalue weighted by Crippen LogP contribution is -2.34. The highest BCUT2D eigenvalue weighted by atomic mass is 16.4. The van der Waals surface area contributed by atoms with Crippen molar-refractivity contribution >= 4 is 11.9 Å². The molecule has 0 amide bonds. The Hall–Kier alpha value is -1.10. The maximum absolute atomic E-state index is 10.6. The van der Waals surface area contributed by atoms with Gasteiger partial charge in [0.05, 0.1) is 5.92 Å². The maximum Gasteiger partial charge on any atom is 0.320 e. The van der Waals surface area contributed by atoms with Crippen LogP contribution in [0.2, 0.25) is 0 Å². The first-order chi connectivity index (χ1) is 6.00. The molecule has 0 radical (unpaired) electrons. The van der Waals surface area contributed by atoms with E-state index in [1.807, 2.05) is 6.92 Å². The average molecular weight is 187 g/mol. The second-order valence-electron chi connectivity index (χ2n) is 3.38. The average Bonchev–Trinajstić information content (AvgIpc) is 2.76. The fraction of sp³-hybridized carbons (Fsp3) is 0.750. The zero-order valence-electron chi connectivity index (χ0n) is 7.30. The summed E-state index contributed by atoms with van der Waals surface area (Å²) in [5.41, 5.74) is 5.35. The van der Waals surface area contributed by atoms with Crippen LogP contribution in [0.3, 0.4) is 0 Å². The summed E-state index contributed by atoms with van der Waals surface area (Å²) in [7, 11) is 0. The van der Waals surface area contributed by atoms with Crippen molar-refractivity contribution in [2.45, 2.75) is 19.4 Å². The number of hydrogen-bond donors (Lipinski definition) is 3. The van der Waals surface area contributed by atoms with Crippen LogP contribution in [0.5, 0.6) is 0 Å². The lowest BCUT2D eigenvalue weighted by atomic mass is 10.1. The summed E-state index contributed by atoms with van der Waals surface area (Å²) < 4.78 is 0. The smallest absolute Gasteiger partial charge is 0.320 e. The first-order valence-corrected chi connectivity index (χ1v) is 4.21. The number of carboxylic acids is 2. The van der Waals surface area contributed by atoms with Gasteiger partial charge in [-0.1, -0.05) is 13.3 Å². The maximum atomic E-state index is 10.6. The molecule has 5 nitrogen and oxygen atoms in total. The molecular weight excluding hydrogens is 174 g/mol. The third kappa shape index (κ3) is 1.65. The highest BCUT2D eigenvalue weighted by Crippen LogP contribution is 2.50. The van der Waals surface area contributed by atoms with Crippen molar-refractivity contribution in [3.63, 3.8) is 0 Å². The largest absolute Gasteiger partial charge is 0.481 e. The van der Waals surface area contributed by atoms with Gasteiger partial charge >= 0.3 is 11.9 Å². The molecule has 1 rings (SSSR count). The summed E-state index contributed by atoms with van der Waals surface area (Å²) in [5, 5.41) is 17.3. The van der Waals surface area contributed by atoms with Crippen molar-refractivity contribution in [1.29, 1.82) is 0 Å².